The Bertz CT molecular complexity index is 1020. The molecule has 1 N–H and O–H groups in total. The highest BCUT2D eigenvalue weighted by molar-refractivity contribution is 7.99. The van der Waals surface area contributed by atoms with Gasteiger partial charge in [0, 0.05) is 7.05 Å². The van der Waals surface area contributed by atoms with Crippen molar-refractivity contribution in [1.82, 2.24) is 14.9 Å². The predicted molar refractivity (Wildman–Crippen MR) is 97.1 cm³/mol. The van der Waals surface area contributed by atoms with Crippen LogP contribution in [0.1, 0.15) is 0 Å². The molecular weight excluding hydrogens is 365 g/mol. The lowest BCUT2D eigenvalue weighted by Gasteiger charge is -2.13. The van der Waals surface area contributed by atoms with Crippen LogP contribution in [-0.2, 0) is 4.79 Å². The molecule has 0 spiro atoms. The zero-order chi connectivity index (χ0) is 18.0. The molecule has 0 fully saturated rings. The van der Waals surface area contributed by atoms with Crippen molar-refractivity contribution < 1.29 is 9.18 Å². The molecule has 0 aliphatic rings. The Morgan fingerprint density at radius 3 is 2.80 bits per heavy atom. The Hall–Kier alpha value is -2.38. The fourth-order valence-corrected chi connectivity index (χ4v) is 3.32. The second-order valence-corrected chi connectivity index (χ2v) is 6.46. The first-order valence-electron chi connectivity index (χ1n) is 7.32. The summed E-state index contributed by atoms with van der Waals surface area (Å²) < 4.78 is 14.8. The number of hydrogen-bond donors (Lipinski definition) is 1. The number of rotatable bonds is 4. The Balaban J connectivity index is 2.22. The van der Waals surface area contributed by atoms with Crippen molar-refractivity contribution in [1.29, 1.82) is 0 Å². The predicted octanol–water partition coefficient (Wildman–Crippen LogP) is 3.02. The van der Waals surface area contributed by atoms with Crippen molar-refractivity contribution in [2.75, 3.05) is 12.8 Å². The summed E-state index contributed by atoms with van der Waals surface area (Å²) >= 11 is 6.97. The second kappa shape index (κ2) is 7.25. The molecule has 2 aromatic carbocycles. The highest BCUT2D eigenvalue weighted by atomic mass is 35.5. The van der Waals surface area contributed by atoms with Crippen LogP contribution in [0.2, 0.25) is 5.02 Å². The first-order valence-corrected chi connectivity index (χ1v) is 8.68. The van der Waals surface area contributed by atoms with Gasteiger partial charge in [-0.15, -0.1) is 0 Å². The summed E-state index contributed by atoms with van der Waals surface area (Å²) in [4.78, 5) is 29.0. The number of nitrogens with one attached hydrogen (secondary N) is 1. The lowest BCUT2D eigenvalue weighted by Crippen LogP contribution is -2.24. The molecule has 25 heavy (non-hydrogen) atoms. The van der Waals surface area contributed by atoms with Gasteiger partial charge >= 0.3 is 0 Å². The van der Waals surface area contributed by atoms with Gasteiger partial charge in [-0.05, 0) is 30.3 Å². The van der Waals surface area contributed by atoms with Gasteiger partial charge in [-0.2, -0.15) is 0 Å². The Labute approximate surface area is 151 Å². The number of carbonyl (C=O) groups excluding carboxylic acids is 1. The number of halogens is 2. The first-order chi connectivity index (χ1) is 12.0. The number of fused-ring (bicyclic) bond motifs is 1. The molecule has 1 aromatic heterocycles. The largest absolute Gasteiger partial charge is 0.358 e. The van der Waals surface area contributed by atoms with E-state index in [-0.39, 0.29) is 22.2 Å². The van der Waals surface area contributed by atoms with Crippen molar-refractivity contribution in [3.63, 3.8) is 0 Å². The third kappa shape index (κ3) is 3.52. The van der Waals surface area contributed by atoms with E-state index in [2.05, 4.69) is 10.3 Å². The van der Waals surface area contributed by atoms with Crippen molar-refractivity contribution >= 4 is 40.2 Å². The maximum Gasteiger partial charge on any atom is 0.266 e. The zero-order valence-electron chi connectivity index (χ0n) is 13.1. The lowest BCUT2D eigenvalue weighted by molar-refractivity contribution is -0.118. The van der Waals surface area contributed by atoms with Crippen LogP contribution in [0.15, 0.2) is 52.4 Å². The maximum atomic E-state index is 13.5. The van der Waals surface area contributed by atoms with Gasteiger partial charge in [-0.3, -0.25) is 14.2 Å². The van der Waals surface area contributed by atoms with Gasteiger partial charge < -0.3 is 5.32 Å². The molecule has 0 saturated heterocycles. The molecule has 0 radical (unpaired) electrons. The highest BCUT2D eigenvalue weighted by Crippen LogP contribution is 2.24. The van der Waals surface area contributed by atoms with E-state index >= 15 is 0 Å². The molecule has 3 rings (SSSR count). The smallest absolute Gasteiger partial charge is 0.266 e. The van der Waals surface area contributed by atoms with E-state index in [1.54, 1.807) is 24.3 Å². The van der Waals surface area contributed by atoms with Crippen LogP contribution in [0.4, 0.5) is 4.39 Å². The van der Waals surface area contributed by atoms with Crippen molar-refractivity contribution in [3.05, 3.63) is 63.7 Å². The van der Waals surface area contributed by atoms with Crippen LogP contribution in [0.3, 0.4) is 0 Å². The number of benzene rings is 2. The topological polar surface area (TPSA) is 64.0 Å². The van der Waals surface area contributed by atoms with Gasteiger partial charge in [-0.25, -0.2) is 9.37 Å². The molecule has 0 unspecified atom stereocenters. The number of carbonyl (C=O) groups is 1. The molecule has 1 amide bonds. The number of nitrogens with zero attached hydrogens (tertiary/aromatic N) is 2. The summed E-state index contributed by atoms with van der Waals surface area (Å²) in [5.74, 6) is -0.682. The Morgan fingerprint density at radius 2 is 2.08 bits per heavy atom. The third-order valence-corrected chi connectivity index (χ3v) is 4.75. The van der Waals surface area contributed by atoms with E-state index in [0.29, 0.717) is 21.7 Å². The summed E-state index contributed by atoms with van der Waals surface area (Å²) in [6.07, 6.45) is 0. The van der Waals surface area contributed by atoms with E-state index in [1.165, 1.54) is 29.8 Å². The standard InChI is InChI=1S/C17H13ClFN3O2S/c1-20-15(23)9-25-17-21-14-5-3-2-4-11(14)16(24)22(17)10-6-7-13(19)12(18)8-10/h2-8H,9H2,1H3,(H,20,23). The molecule has 0 atom stereocenters. The number of amides is 1. The summed E-state index contributed by atoms with van der Waals surface area (Å²) in [7, 11) is 1.53. The molecule has 3 aromatic rings. The molecular formula is C17H13ClFN3O2S. The van der Waals surface area contributed by atoms with Gasteiger partial charge in [0.15, 0.2) is 5.16 Å². The van der Waals surface area contributed by atoms with Crippen LogP contribution < -0.4 is 10.9 Å². The van der Waals surface area contributed by atoms with Crippen LogP contribution in [-0.4, -0.2) is 28.3 Å². The summed E-state index contributed by atoms with van der Waals surface area (Å²) in [5, 5.41) is 3.17. The van der Waals surface area contributed by atoms with Gasteiger partial charge in [0.2, 0.25) is 5.91 Å². The summed E-state index contributed by atoms with van der Waals surface area (Å²) in [6, 6.07) is 10.9. The molecule has 128 valence electrons. The van der Waals surface area contributed by atoms with Crippen LogP contribution >= 0.6 is 23.4 Å². The van der Waals surface area contributed by atoms with Gasteiger partial charge in [0.05, 0.1) is 27.4 Å². The molecule has 0 aliphatic heterocycles. The fraction of sp³-hybridized carbons (Fsp3) is 0.118. The van der Waals surface area contributed by atoms with E-state index in [9.17, 15) is 14.0 Å². The van der Waals surface area contributed by atoms with Crippen molar-refractivity contribution in [2.45, 2.75) is 5.16 Å². The summed E-state index contributed by atoms with van der Waals surface area (Å²) in [5.41, 5.74) is 0.595. The number of hydrogen-bond acceptors (Lipinski definition) is 4. The minimum absolute atomic E-state index is 0.0935. The van der Waals surface area contributed by atoms with E-state index in [1.807, 2.05) is 0 Å². The zero-order valence-corrected chi connectivity index (χ0v) is 14.7. The van der Waals surface area contributed by atoms with Gasteiger partial charge in [0.1, 0.15) is 5.82 Å². The van der Waals surface area contributed by atoms with E-state index in [4.69, 9.17) is 11.6 Å². The van der Waals surface area contributed by atoms with Crippen LogP contribution in [0.25, 0.3) is 16.6 Å². The van der Waals surface area contributed by atoms with Crippen LogP contribution in [0.5, 0.6) is 0 Å². The fourth-order valence-electron chi connectivity index (χ4n) is 2.26. The molecule has 5 nitrogen and oxygen atoms in total. The Kier molecular flexibility index (Phi) is 5.06. The van der Waals surface area contributed by atoms with Gasteiger partial charge in [-0.1, -0.05) is 35.5 Å². The molecule has 0 saturated carbocycles. The Morgan fingerprint density at radius 1 is 1.32 bits per heavy atom. The molecule has 1 heterocycles. The normalized spacial score (nSPS) is 10.8. The number of thioether (sulfide) groups is 1. The first kappa shape index (κ1) is 17.4. The van der Waals surface area contributed by atoms with Crippen LogP contribution in [0, 0.1) is 5.82 Å². The minimum Gasteiger partial charge on any atom is -0.358 e. The molecule has 0 bridgehead atoms. The average Bonchev–Trinajstić information content (AvgIpc) is 2.62. The third-order valence-electron chi connectivity index (χ3n) is 3.52. The lowest BCUT2D eigenvalue weighted by atomic mass is 10.2. The van der Waals surface area contributed by atoms with E-state index in [0.717, 1.165) is 11.8 Å². The highest BCUT2D eigenvalue weighted by Gasteiger charge is 2.15. The average molecular weight is 378 g/mol. The monoisotopic (exact) mass is 377 g/mol. The summed E-state index contributed by atoms with van der Waals surface area (Å²) in [6.45, 7) is 0. The molecule has 8 heteroatoms. The van der Waals surface area contributed by atoms with Crippen molar-refractivity contribution in [2.24, 2.45) is 0 Å². The quantitative estimate of drug-likeness (QED) is 0.560. The minimum atomic E-state index is -0.577. The second-order valence-electron chi connectivity index (χ2n) is 5.11. The molecule has 0 aliphatic carbocycles. The number of aromatic nitrogens is 2. The maximum absolute atomic E-state index is 13.5. The SMILES string of the molecule is CNC(=O)CSc1nc2ccccc2c(=O)n1-c1ccc(F)c(Cl)c1. The van der Waals surface area contributed by atoms with E-state index < -0.39 is 5.82 Å². The van der Waals surface area contributed by atoms with Crippen molar-refractivity contribution in [3.8, 4) is 5.69 Å². The van der Waals surface area contributed by atoms with Gasteiger partial charge in [0.25, 0.3) is 5.56 Å². The number of para-hydroxylation sites is 1.